The highest BCUT2D eigenvalue weighted by Gasteiger charge is 2.16. The molecule has 0 rings (SSSR count). The number of esters is 2. The predicted octanol–water partition coefficient (Wildman–Crippen LogP) is 21.6. The van der Waals surface area contributed by atoms with Gasteiger partial charge in [-0.1, -0.05) is 272 Å². The first kappa shape index (κ1) is 72.7. The largest absolute Gasteiger partial charge is 0.462 e. The highest BCUT2D eigenvalue weighted by molar-refractivity contribution is 5.70. The first-order valence-electron chi connectivity index (χ1n) is 31.0. The van der Waals surface area contributed by atoms with Gasteiger partial charge in [0, 0.05) is 12.8 Å². The Morgan fingerprint density at radius 1 is 0.295 bits per heavy atom. The molecular formula is C73H112O5. The lowest BCUT2D eigenvalue weighted by Crippen LogP contribution is -2.28. The zero-order chi connectivity index (χ0) is 56.2. The van der Waals surface area contributed by atoms with Crippen LogP contribution in [0.4, 0.5) is 0 Å². The summed E-state index contributed by atoms with van der Waals surface area (Å²) in [6.07, 6.45) is 105. The maximum absolute atomic E-state index is 12.3. The Bertz CT molecular complexity index is 1830. The second-order valence-corrected chi connectivity index (χ2v) is 19.7. The molecule has 0 aliphatic carbocycles. The number of aliphatic hydroxyl groups excluding tert-OH is 1. The topological polar surface area (TPSA) is 72.8 Å². The van der Waals surface area contributed by atoms with E-state index >= 15 is 0 Å². The lowest BCUT2D eigenvalue weighted by atomic mass is 10.1. The molecule has 5 heteroatoms. The molecule has 0 aromatic carbocycles. The maximum Gasteiger partial charge on any atom is 0.306 e. The van der Waals surface area contributed by atoms with Crippen molar-refractivity contribution in [2.45, 2.75) is 238 Å². The summed E-state index contributed by atoms with van der Waals surface area (Å²) < 4.78 is 10.7. The van der Waals surface area contributed by atoms with Gasteiger partial charge in [0.15, 0.2) is 6.10 Å². The Kier molecular flexibility index (Phi) is 61.6. The van der Waals surface area contributed by atoms with Crippen LogP contribution in [0.15, 0.2) is 194 Å². The summed E-state index contributed by atoms with van der Waals surface area (Å²) in [4.78, 5) is 24.6. The number of rotatable bonds is 54. The molecule has 0 saturated heterocycles. The molecule has 5 nitrogen and oxygen atoms in total. The highest BCUT2D eigenvalue weighted by atomic mass is 16.6. The van der Waals surface area contributed by atoms with Gasteiger partial charge in [-0.25, -0.2) is 0 Å². The van der Waals surface area contributed by atoms with Crippen molar-refractivity contribution < 1.29 is 24.2 Å². The molecule has 0 aromatic heterocycles. The third kappa shape index (κ3) is 63.3. The highest BCUT2D eigenvalue weighted by Crippen LogP contribution is 2.13. The van der Waals surface area contributed by atoms with Crippen molar-refractivity contribution in [2.75, 3.05) is 13.2 Å². The van der Waals surface area contributed by atoms with Gasteiger partial charge in [-0.2, -0.15) is 0 Å². The SMILES string of the molecule is CC/C=C\C/C=C\C/C=C\C/C=C\C/C=C\C/C=C\C/C=C\C/C=C\C/C=C\CCCCCCCCCC(=O)OC(CO)COC(=O)CCCCCCCCC/C=C\C/C=C\C/C=C\C/C=C\C/C=C\C/C=C\C/C=C\CC. The summed E-state index contributed by atoms with van der Waals surface area (Å²) >= 11 is 0. The molecule has 0 bridgehead atoms. The van der Waals surface area contributed by atoms with Gasteiger partial charge in [-0.3, -0.25) is 9.59 Å². The van der Waals surface area contributed by atoms with Crippen LogP contribution >= 0.6 is 0 Å². The summed E-state index contributed by atoms with van der Waals surface area (Å²) in [7, 11) is 0. The van der Waals surface area contributed by atoms with Crippen LogP contribution in [0.1, 0.15) is 232 Å². The number of allylic oxidation sites excluding steroid dienone is 32. The summed E-state index contributed by atoms with van der Waals surface area (Å²) in [6, 6.07) is 0. The van der Waals surface area contributed by atoms with Gasteiger partial charge in [0.25, 0.3) is 0 Å². The third-order valence-electron chi connectivity index (χ3n) is 12.4. The Morgan fingerprint density at radius 2 is 0.513 bits per heavy atom. The lowest BCUT2D eigenvalue weighted by Gasteiger charge is -2.15. The van der Waals surface area contributed by atoms with E-state index in [-0.39, 0.29) is 25.2 Å². The first-order valence-corrected chi connectivity index (χ1v) is 31.0. The van der Waals surface area contributed by atoms with E-state index < -0.39 is 6.10 Å². The van der Waals surface area contributed by atoms with Crippen LogP contribution in [0.25, 0.3) is 0 Å². The molecule has 0 aliphatic heterocycles. The van der Waals surface area contributed by atoms with Crippen LogP contribution in [0, 0.1) is 0 Å². The molecular weight excluding hydrogens is 957 g/mol. The molecule has 1 atom stereocenters. The number of carbonyl (C=O) groups excluding carboxylic acids is 2. The maximum atomic E-state index is 12.3. The van der Waals surface area contributed by atoms with Crippen LogP contribution in [0.2, 0.25) is 0 Å². The summed E-state index contributed by atoms with van der Waals surface area (Å²) in [5.41, 5.74) is 0. The average molecular weight is 1070 g/mol. The second-order valence-electron chi connectivity index (χ2n) is 19.7. The first-order chi connectivity index (χ1) is 38.6. The normalized spacial score (nSPS) is 13.6. The fourth-order valence-electron chi connectivity index (χ4n) is 7.82. The minimum atomic E-state index is -0.801. The standard InChI is InChI=1S/C73H112O5/c1-3-5-7-9-11-13-15-17-19-21-23-25-27-29-31-33-34-35-36-37-38-40-42-44-46-48-50-52-54-56-58-60-62-64-66-68-73(76)78-71(69-74)70-77-72(75)67-65-63-61-59-57-55-53-51-49-47-45-43-41-39-32-30-28-26-24-22-20-18-16-14-12-10-8-6-4-2/h5-8,11-14,17-20,23-26,29-32,34-35,37-38,41-44,47-50,71,74H,3-4,9-10,15-16,21-22,27-28,33,36,39-40,45-46,51-70H2,1-2H3/b7-5-,8-6-,13-11-,14-12-,19-17-,20-18-,25-23-,26-24-,31-29-,32-30-,35-34-,38-37-,43-41-,44-42-,49-47-,50-48-. The third-order valence-corrected chi connectivity index (χ3v) is 12.4. The van der Waals surface area contributed by atoms with Gasteiger partial charge >= 0.3 is 11.9 Å². The Morgan fingerprint density at radius 3 is 0.769 bits per heavy atom. The van der Waals surface area contributed by atoms with E-state index in [4.69, 9.17) is 9.47 Å². The number of ether oxygens (including phenoxy) is 2. The minimum absolute atomic E-state index is 0.0900. The van der Waals surface area contributed by atoms with Crippen LogP contribution in [-0.4, -0.2) is 36.4 Å². The van der Waals surface area contributed by atoms with Crippen LogP contribution < -0.4 is 0 Å². The summed E-state index contributed by atoms with van der Waals surface area (Å²) in [6.45, 7) is 3.88. The fourth-order valence-corrected chi connectivity index (χ4v) is 7.82. The van der Waals surface area contributed by atoms with Crippen molar-refractivity contribution in [3.8, 4) is 0 Å². The molecule has 0 amide bonds. The molecule has 434 valence electrons. The van der Waals surface area contributed by atoms with Crippen LogP contribution in [-0.2, 0) is 19.1 Å². The van der Waals surface area contributed by atoms with E-state index in [0.717, 1.165) is 154 Å². The van der Waals surface area contributed by atoms with E-state index in [1.165, 1.54) is 51.4 Å². The minimum Gasteiger partial charge on any atom is -0.462 e. The van der Waals surface area contributed by atoms with Crippen LogP contribution in [0.5, 0.6) is 0 Å². The van der Waals surface area contributed by atoms with E-state index in [0.29, 0.717) is 12.8 Å². The Balaban J connectivity index is 3.65. The van der Waals surface area contributed by atoms with Crippen molar-refractivity contribution in [2.24, 2.45) is 0 Å². The molecule has 0 radical (unpaired) electrons. The number of carbonyl (C=O) groups is 2. The van der Waals surface area contributed by atoms with Crippen molar-refractivity contribution >= 4 is 11.9 Å². The van der Waals surface area contributed by atoms with Gasteiger partial charge in [0.05, 0.1) is 6.61 Å². The number of unbranched alkanes of at least 4 members (excludes halogenated alkanes) is 14. The lowest BCUT2D eigenvalue weighted by molar-refractivity contribution is -0.161. The molecule has 1 N–H and O–H groups in total. The average Bonchev–Trinajstić information content (AvgIpc) is 3.44. The van der Waals surface area contributed by atoms with Crippen molar-refractivity contribution in [1.82, 2.24) is 0 Å². The number of aliphatic hydroxyl groups is 1. The summed E-state index contributed by atoms with van der Waals surface area (Å²) in [5, 5.41) is 9.68. The fraction of sp³-hybridized carbons (Fsp3) is 0.534. The molecule has 0 saturated carbocycles. The van der Waals surface area contributed by atoms with Crippen molar-refractivity contribution in [3.63, 3.8) is 0 Å². The summed E-state index contributed by atoms with van der Waals surface area (Å²) in [5.74, 6) is -0.631. The van der Waals surface area contributed by atoms with Crippen molar-refractivity contribution in [3.05, 3.63) is 194 Å². The molecule has 0 fully saturated rings. The van der Waals surface area contributed by atoms with Gasteiger partial charge in [0.1, 0.15) is 6.61 Å². The van der Waals surface area contributed by atoms with Crippen molar-refractivity contribution in [1.29, 1.82) is 0 Å². The second kappa shape index (κ2) is 66.0. The molecule has 0 aliphatic rings. The van der Waals surface area contributed by atoms with E-state index in [2.05, 4.69) is 208 Å². The Labute approximate surface area is 479 Å². The predicted molar refractivity (Wildman–Crippen MR) is 342 cm³/mol. The van der Waals surface area contributed by atoms with Gasteiger partial charge in [-0.05, 0) is 141 Å². The molecule has 1 unspecified atom stereocenters. The zero-order valence-corrected chi connectivity index (χ0v) is 49.6. The molecule has 0 heterocycles. The quantitative estimate of drug-likeness (QED) is 0.0373. The molecule has 0 aromatic rings. The van der Waals surface area contributed by atoms with E-state index in [1.807, 2.05) is 0 Å². The van der Waals surface area contributed by atoms with Gasteiger partial charge in [0.2, 0.25) is 0 Å². The van der Waals surface area contributed by atoms with Gasteiger partial charge < -0.3 is 14.6 Å². The number of hydrogen-bond acceptors (Lipinski definition) is 5. The van der Waals surface area contributed by atoms with E-state index in [9.17, 15) is 14.7 Å². The smallest absolute Gasteiger partial charge is 0.306 e. The Hall–Kier alpha value is -5.26. The number of hydrogen-bond donors (Lipinski definition) is 1. The monoisotopic (exact) mass is 1070 g/mol. The molecule has 78 heavy (non-hydrogen) atoms. The van der Waals surface area contributed by atoms with Gasteiger partial charge in [-0.15, -0.1) is 0 Å². The van der Waals surface area contributed by atoms with Crippen LogP contribution in [0.3, 0.4) is 0 Å². The zero-order valence-electron chi connectivity index (χ0n) is 49.6. The van der Waals surface area contributed by atoms with E-state index in [1.54, 1.807) is 0 Å². The molecule has 0 spiro atoms.